The summed E-state index contributed by atoms with van der Waals surface area (Å²) in [4.78, 5) is 14.0. The van der Waals surface area contributed by atoms with E-state index in [4.69, 9.17) is 4.42 Å². The van der Waals surface area contributed by atoms with Crippen LogP contribution < -0.4 is 0 Å². The van der Waals surface area contributed by atoms with Gasteiger partial charge in [-0.1, -0.05) is 24.3 Å². The minimum absolute atomic E-state index is 0.0443. The van der Waals surface area contributed by atoms with Crippen LogP contribution in [0.2, 0.25) is 0 Å². The van der Waals surface area contributed by atoms with Gasteiger partial charge in [-0.2, -0.15) is 0 Å². The van der Waals surface area contributed by atoms with Gasteiger partial charge in [0.2, 0.25) is 5.78 Å². The minimum atomic E-state index is 0.0443. The second kappa shape index (κ2) is 4.18. The van der Waals surface area contributed by atoms with Gasteiger partial charge in [0.15, 0.2) is 5.76 Å². The molecule has 3 nitrogen and oxygen atoms in total. The standard InChI is InChI=1S/C14H13NO2/c16-13(14-6-3-7-17-14)10-15-8-11-4-1-2-5-12(11)9-15/h1-7H,8-10H2. The smallest absolute Gasteiger partial charge is 0.211 e. The third-order valence-corrected chi connectivity index (χ3v) is 3.07. The quantitative estimate of drug-likeness (QED) is 0.755. The minimum Gasteiger partial charge on any atom is -0.461 e. The highest BCUT2D eigenvalue weighted by Gasteiger charge is 2.21. The molecule has 1 aromatic carbocycles. The molecule has 0 N–H and O–H groups in total. The molecule has 0 saturated heterocycles. The van der Waals surface area contributed by atoms with E-state index in [-0.39, 0.29) is 5.78 Å². The molecule has 1 aliphatic heterocycles. The van der Waals surface area contributed by atoms with Gasteiger partial charge >= 0.3 is 0 Å². The van der Waals surface area contributed by atoms with E-state index >= 15 is 0 Å². The SMILES string of the molecule is O=C(CN1Cc2ccccc2C1)c1ccco1. The van der Waals surface area contributed by atoms with Crippen LogP contribution in [0, 0.1) is 0 Å². The van der Waals surface area contributed by atoms with Crippen LogP contribution in [0.3, 0.4) is 0 Å². The van der Waals surface area contributed by atoms with Crippen molar-refractivity contribution in [2.24, 2.45) is 0 Å². The summed E-state index contributed by atoms with van der Waals surface area (Å²) in [5.74, 6) is 0.490. The topological polar surface area (TPSA) is 33.5 Å². The highest BCUT2D eigenvalue weighted by Crippen LogP contribution is 2.22. The molecule has 3 rings (SSSR count). The van der Waals surface area contributed by atoms with Crippen molar-refractivity contribution < 1.29 is 9.21 Å². The Hall–Kier alpha value is -1.87. The Balaban J connectivity index is 1.68. The molecule has 0 spiro atoms. The first-order valence-corrected chi connectivity index (χ1v) is 5.69. The van der Waals surface area contributed by atoms with Gasteiger partial charge in [0, 0.05) is 13.1 Å². The fraction of sp³-hybridized carbons (Fsp3) is 0.214. The van der Waals surface area contributed by atoms with Gasteiger partial charge in [0.25, 0.3) is 0 Å². The van der Waals surface area contributed by atoms with E-state index in [0.717, 1.165) is 13.1 Å². The molecule has 0 radical (unpaired) electrons. The van der Waals surface area contributed by atoms with Crippen LogP contribution in [-0.4, -0.2) is 17.2 Å². The van der Waals surface area contributed by atoms with E-state index < -0.39 is 0 Å². The first kappa shape index (κ1) is 10.3. The Morgan fingerprint density at radius 1 is 1.12 bits per heavy atom. The Morgan fingerprint density at radius 3 is 2.41 bits per heavy atom. The van der Waals surface area contributed by atoms with Crippen LogP contribution in [0.25, 0.3) is 0 Å². The van der Waals surface area contributed by atoms with Crippen molar-refractivity contribution in [3.63, 3.8) is 0 Å². The van der Waals surface area contributed by atoms with Crippen molar-refractivity contribution in [2.45, 2.75) is 13.1 Å². The lowest BCUT2D eigenvalue weighted by Crippen LogP contribution is -2.24. The number of fused-ring (bicyclic) bond motifs is 1. The molecule has 0 fully saturated rings. The number of carbonyl (C=O) groups excluding carboxylic acids is 1. The molecular formula is C14H13NO2. The predicted molar refractivity (Wildman–Crippen MR) is 63.6 cm³/mol. The fourth-order valence-electron chi connectivity index (χ4n) is 2.23. The molecule has 0 amide bonds. The Morgan fingerprint density at radius 2 is 1.82 bits per heavy atom. The second-order valence-corrected chi connectivity index (χ2v) is 4.31. The first-order valence-electron chi connectivity index (χ1n) is 5.69. The van der Waals surface area contributed by atoms with E-state index in [2.05, 4.69) is 17.0 Å². The van der Waals surface area contributed by atoms with E-state index in [9.17, 15) is 4.79 Å². The van der Waals surface area contributed by atoms with Crippen LogP contribution in [0.1, 0.15) is 21.7 Å². The zero-order valence-electron chi connectivity index (χ0n) is 9.43. The number of benzene rings is 1. The number of hydrogen-bond acceptors (Lipinski definition) is 3. The molecule has 0 bridgehead atoms. The number of nitrogens with zero attached hydrogens (tertiary/aromatic N) is 1. The first-order chi connectivity index (χ1) is 8.33. The lowest BCUT2D eigenvalue weighted by Gasteiger charge is -2.12. The maximum atomic E-state index is 11.9. The summed E-state index contributed by atoms with van der Waals surface area (Å²) in [6, 6.07) is 11.8. The molecule has 0 atom stereocenters. The average molecular weight is 227 g/mol. The van der Waals surface area contributed by atoms with E-state index in [0.29, 0.717) is 12.3 Å². The van der Waals surface area contributed by atoms with Crippen molar-refractivity contribution >= 4 is 5.78 Å². The molecule has 0 aliphatic carbocycles. The summed E-state index contributed by atoms with van der Waals surface area (Å²) in [5.41, 5.74) is 2.64. The highest BCUT2D eigenvalue weighted by molar-refractivity contribution is 5.95. The van der Waals surface area contributed by atoms with Crippen LogP contribution in [0.4, 0.5) is 0 Å². The Kier molecular flexibility index (Phi) is 2.53. The van der Waals surface area contributed by atoms with Gasteiger partial charge < -0.3 is 4.42 Å². The van der Waals surface area contributed by atoms with Crippen LogP contribution >= 0.6 is 0 Å². The molecule has 0 unspecified atom stereocenters. The van der Waals surface area contributed by atoms with Crippen LogP contribution in [0.5, 0.6) is 0 Å². The van der Waals surface area contributed by atoms with Crippen molar-refractivity contribution in [1.29, 1.82) is 0 Å². The van der Waals surface area contributed by atoms with Gasteiger partial charge in [0.05, 0.1) is 12.8 Å². The highest BCUT2D eigenvalue weighted by atomic mass is 16.3. The maximum Gasteiger partial charge on any atom is 0.211 e. The van der Waals surface area contributed by atoms with Gasteiger partial charge in [0.1, 0.15) is 0 Å². The summed E-state index contributed by atoms with van der Waals surface area (Å²) in [6.07, 6.45) is 1.53. The molecule has 1 aliphatic rings. The number of ketones is 1. The van der Waals surface area contributed by atoms with Gasteiger partial charge in [-0.15, -0.1) is 0 Å². The number of furan rings is 1. The van der Waals surface area contributed by atoms with Crippen LogP contribution in [0.15, 0.2) is 47.1 Å². The summed E-state index contributed by atoms with van der Waals surface area (Å²) in [6.45, 7) is 2.12. The monoisotopic (exact) mass is 227 g/mol. The van der Waals surface area contributed by atoms with Gasteiger partial charge in [-0.25, -0.2) is 0 Å². The number of carbonyl (C=O) groups is 1. The zero-order chi connectivity index (χ0) is 11.7. The van der Waals surface area contributed by atoms with E-state index in [1.54, 1.807) is 12.1 Å². The fourth-order valence-corrected chi connectivity index (χ4v) is 2.23. The van der Waals surface area contributed by atoms with Crippen molar-refractivity contribution in [3.05, 3.63) is 59.5 Å². The molecular weight excluding hydrogens is 214 g/mol. The molecule has 2 heterocycles. The normalized spacial score (nSPS) is 14.8. The molecule has 3 heteroatoms. The predicted octanol–water partition coefficient (Wildman–Crippen LogP) is 2.48. The maximum absolute atomic E-state index is 11.9. The van der Waals surface area contributed by atoms with Crippen LogP contribution in [-0.2, 0) is 13.1 Å². The van der Waals surface area contributed by atoms with Crippen molar-refractivity contribution in [3.8, 4) is 0 Å². The Labute approximate surface area is 99.7 Å². The largest absolute Gasteiger partial charge is 0.461 e. The molecule has 86 valence electrons. The van der Waals surface area contributed by atoms with Gasteiger partial charge in [-0.05, 0) is 23.3 Å². The molecule has 1 aromatic heterocycles. The average Bonchev–Trinajstić information content (AvgIpc) is 2.97. The molecule has 0 saturated carbocycles. The summed E-state index contributed by atoms with van der Waals surface area (Å²) in [5, 5.41) is 0. The van der Waals surface area contributed by atoms with E-state index in [1.807, 2.05) is 12.1 Å². The third-order valence-electron chi connectivity index (χ3n) is 3.07. The number of rotatable bonds is 3. The van der Waals surface area contributed by atoms with Crippen molar-refractivity contribution in [1.82, 2.24) is 4.90 Å². The lowest BCUT2D eigenvalue weighted by atomic mass is 10.1. The Bertz CT molecular complexity index is 506. The summed E-state index contributed by atoms with van der Waals surface area (Å²) in [7, 11) is 0. The molecule has 17 heavy (non-hydrogen) atoms. The number of hydrogen-bond donors (Lipinski definition) is 0. The summed E-state index contributed by atoms with van der Waals surface area (Å²) < 4.78 is 5.11. The number of Topliss-reactive ketones (excluding diaryl/α,β-unsaturated/α-hetero) is 1. The van der Waals surface area contributed by atoms with Crippen molar-refractivity contribution in [2.75, 3.05) is 6.54 Å². The van der Waals surface area contributed by atoms with E-state index in [1.165, 1.54) is 17.4 Å². The lowest BCUT2D eigenvalue weighted by molar-refractivity contribution is 0.0902. The second-order valence-electron chi connectivity index (χ2n) is 4.31. The summed E-state index contributed by atoms with van der Waals surface area (Å²) >= 11 is 0. The third kappa shape index (κ3) is 2.01. The van der Waals surface area contributed by atoms with Gasteiger partial charge in [-0.3, -0.25) is 9.69 Å². The molecule has 2 aromatic rings. The zero-order valence-corrected chi connectivity index (χ0v) is 9.43.